The quantitative estimate of drug-likeness (QED) is 0.421. The van der Waals surface area contributed by atoms with Crippen molar-refractivity contribution in [3.05, 3.63) is 54.1 Å². The van der Waals surface area contributed by atoms with Gasteiger partial charge in [0.25, 0.3) is 0 Å². The van der Waals surface area contributed by atoms with Crippen LogP contribution in [0.1, 0.15) is 5.56 Å². The summed E-state index contributed by atoms with van der Waals surface area (Å²) in [5.74, 6) is 0.523. The summed E-state index contributed by atoms with van der Waals surface area (Å²) in [4.78, 5) is 17.3. The number of pyridine rings is 1. The Kier molecular flexibility index (Phi) is 5.72. The van der Waals surface area contributed by atoms with E-state index >= 15 is 0 Å². The molecular weight excluding hydrogens is 477 g/mol. The van der Waals surface area contributed by atoms with Crippen LogP contribution in [0.3, 0.4) is 0 Å². The molecule has 190 valence electrons. The Balaban J connectivity index is 1.33. The van der Waals surface area contributed by atoms with Crippen molar-refractivity contribution in [1.29, 1.82) is 0 Å². The van der Waals surface area contributed by atoms with Gasteiger partial charge in [0.1, 0.15) is 5.69 Å². The fourth-order valence-electron chi connectivity index (χ4n) is 4.68. The second-order valence-electron chi connectivity index (χ2n) is 8.87. The van der Waals surface area contributed by atoms with Gasteiger partial charge in [-0.3, -0.25) is 0 Å². The summed E-state index contributed by atoms with van der Waals surface area (Å²) in [6.45, 7) is 3.24. The number of ether oxygens (including phenoxy) is 2. The van der Waals surface area contributed by atoms with Crippen molar-refractivity contribution in [1.82, 2.24) is 24.7 Å². The Labute approximate surface area is 212 Å². The van der Waals surface area contributed by atoms with Gasteiger partial charge in [-0.05, 0) is 12.1 Å². The first-order valence-corrected chi connectivity index (χ1v) is 11.9. The SMILES string of the molecule is COc1nc(N2CCOCC2)c(N)cc1Nc1ncc(F)c(-n2cc3c(n2)-c2ccccc2N(C)C3)n1. The van der Waals surface area contributed by atoms with E-state index in [2.05, 4.69) is 30.3 Å². The van der Waals surface area contributed by atoms with E-state index in [1.165, 1.54) is 11.8 Å². The monoisotopic (exact) mass is 503 g/mol. The smallest absolute Gasteiger partial charge is 0.239 e. The van der Waals surface area contributed by atoms with Crippen molar-refractivity contribution in [3.8, 4) is 23.0 Å². The number of hydrogen-bond donors (Lipinski definition) is 2. The molecule has 3 N–H and O–H groups in total. The van der Waals surface area contributed by atoms with Crippen LogP contribution in [0, 0.1) is 5.82 Å². The average Bonchev–Trinajstić information content (AvgIpc) is 3.34. The largest absolute Gasteiger partial charge is 0.479 e. The highest BCUT2D eigenvalue weighted by Gasteiger charge is 2.25. The summed E-state index contributed by atoms with van der Waals surface area (Å²) in [5.41, 5.74) is 11.1. The van der Waals surface area contributed by atoms with Gasteiger partial charge in [0.15, 0.2) is 17.5 Å². The van der Waals surface area contributed by atoms with Gasteiger partial charge in [0.2, 0.25) is 11.8 Å². The maximum atomic E-state index is 14.9. The van der Waals surface area contributed by atoms with Crippen molar-refractivity contribution < 1.29 is 13.9 Å². The Morgan fingerprint density at radius 1 is 1.14 bits per heavy atom. The topological polar surface area (TPSA) is 119 Å². The van der Waals surface area contributed by atoms with Crippen LogP contribution >= 0.6 is 0 Å². The molecule has 0 radical (unpaired) electrons. The van der Waals surface area contributed by atoms with Gasteiger partial charge < -0.3 is 30.3 Å². The number of rotatable bonds is 5. The zero-order valence-corrected chi connectivity index (χ0v) is 20.5. The van der Waals surface area contributed by atoms with Gasteiger partial charge in [0, 0.05) is 49.7 Å². The van der Waals surface area contributed by atoms with Crippen LogP contribution in [0.4, 0.5) is 33.2 Å². The minimum atomic E-state index is -0.598. The summed E-state index contributed by atoms with van der Waals surface area (Å²) in [6, 6.07) is 9.72. The third-order valence-corrected chi connectivity index (χ3v) is 6.46. The number of para-hydroxylation sites is 1. The molecule has 1 saturated heterocycles. The van der Waals surface area contributed by atoms with E-state index in [9.17, 15) is 4.39 Å². The molecule has 11 nitrogen and oxygen atoms in total. The molecule has 6 rings (SSSR count). The second-order valence-corrected chi connectivity index (χ2v) is 8.87. The summed E-state index contributed by atoms with van der Waals surface area (Å²) in [6.07, 6.45) is 2.91. The van der Waals surface area contributed by atoms with Gasteiger partial charge in [0.05, 0.1) is 37.9 Å². The van der Waals surface area contributed by atoms with Crippen LogP contribution in [0.25, 0.3) is 17.1 Å². The van der Waals surface area contributed by atoms with Crippen molar-refractivity contribution in [2.75, 3.05) is 61.3 Å². The number of nitrogens with one attached hydrogen (secondary N) is 1. The zero-order chi connectivity index (χ0) is 25.5. The number of nitrogens with zero attached hydrogens (tertiary/aromatic N) is 7. The van der Waals surface area contributed by atoms with Crippen molar-refractivity contribution >= 4 is 28.8 Å². The molecule has 3 aromatic heterocycles. The molecule has 1 aromatic carbocycles. The lowest BCUT2D eigenvalue weighted by Crippen LogP contribution is -2.37. The van der Waals surface area contributed by atoms with Crippen molar-refractivity contribution in [3.63, 3.8) is 0 Å². The highest BCUT2D eigenvalue weighted by atomic mass is 19.1. The number of hydrogen-bond acceptors (Lipinski definition) is 10. The predicted molar refractivity (Wildman–Crippen MR) is 138 cm³/mol. The summed E-state index contributed by atoms with van der Waals surface area (Å²) in [5, 5.41) is 7.74. The molecule has 2 aliphatic heterocycles. The number of nitrogen functional groups attached to an aromatic ring is 1. The lowest BCUT2D eigenvalue weighted by atomic mass is 10.0. The third-order valence-electron chi connectivity index (χ3n) is 6.46. The summed E-state index contributed by atoms with van der Waals surface area (Å²) >= 11 is 0. The standard InChI is InChI=1S/C25H26FN9O2/c1-33-13-15-14-35(32-21(15)16-5-3-4-6-20(16)33)22-17(26)12-28-25(31-22)29-19-11-18(27)23(30-24(19)36-2)34-7-9-37-10-8-34/h3-6,11-12,14H,7-10,13,27H2,1-2H3,(H,28,29,31). The minimum Gasteiger partial charge on any atom is -0.479 e. The lowest BCUT2D eigenvalue weighted by molar-refractivity contribution is 0.122. The van der Waals surface area contributed by atoms with Crippen LogP contribution in [0.5, 0.6) is 5.88 Å². The molecule has 1 fully saturated rings. The van der Waals surface area contributed by atoms with Crippen LogP contribution in [0.15, 0.2) is 42.7 Å². The van der Waals surface area contributed by atoms with E-state index in [4.69, 9.17) is 15.2 Å². The Hall–Kier alpha value is -4.45. The number of methoxy groups -OCH3 is 1. The zero-order valence-electron chi connectivity index (χ0n) is 20.5. The molecule has 0 amide bonds. The highest BCUT2D eigenvalue weighted by molar-refractivity contribution is 5.81. The Morgan fingerprint density at radius 2 is 1.95 bits per heavy atom. The number of fused-ring (bicyclic) bond motifs is 3. The molecule has 0 aliphatic carbocycles. The molecule has 0 atom stereocenters. The Morgan fingerprint density at radius 3 is 2.76 bits per heavy atom. The first-order chi connectivity index (χ1) is 18.0. The molecule has 5 heterocycles. The molecule has 12 heteroatoms. The van der Waals surface area contributed by atoms with Crippen LogP contribution in [-0.4, -0.2) is 65.2 Å². The maximum Gasteiger partial charge on any atom is 0.239 e. The molecule has 2 aliphatic rings. The molecule has 37 heavy (non-hydrogen) atoms. The van der Waals surface area contributed by atoms with Crippen molar-refractivity contribution in [2.24, 2.45) is 0 Å². The van der Waals surface area contributed by atoms with Crippen LogP contribution < -0.4 is 25.6 Å². The number of aromatic nitrogens is 5. The van der Waals surface area contributed by atoms with E-state index in [-0.39, 0.29) is 11.8 Å². The minimum absolute atomic E-state index is 0.0249. The first kappa shape index (κ1) is 23.0. The van der Waals surface area contributed by atoms with Gasteiger partial charge in [-0.25, -0.2) is 14.1 Å². The Bertz CT molecular complexity index is 1470. The molecule has 4 aromatic rings. The van der Waals surface area contributed by atoms with E-state index in [0.717, 1.165) is 28.7 Å². The third kappa shape index (κ3) is 4.14. The fraction of sp³-hybridized carbons (Fsp3) is 0.280. The highest BCUT2D eigenvalue weighted by Crippen LogP contribution is 2.38. The maximum absolute atomic E-state index is 14.9. The van der Waals surface area contributed by atoms with Gasteiger partial charge in [-0.2, -0.15) is 15.1 Å². The van der Waals surface area contributed by atoms with Crippen LogP contribution in [-0.2, 0) is 11.3 Å². The van der Waals surface area contributed by atoms with E-state index in [1.807, 2.05) is 36.2 Å². The average molecular weight is 504 g/mol. The number of morpholine rings is 1. The number of benzene rings is 1. The normalized spacial score (nSPS) is 14.8. The van der Waals surface area contributed by atoms with Crippen LogP contribution in [0.2, 0.25) is 0 Å². The molecule has 0 unspecified atom stereocenters. The van der Waals surface area contributed by atoms with E-state index in [1.54, 1.807) is 12.3 Å². The first-order valence-electron chi connectivity index (χ1n) is 11.9. The predicted octanol–water partition coefficient (Wildman–Crippen LogP) is 2.98. The van der Waals surface area contributed by atoms with E-state index in [0.29, 0.717) is 55.9 Å². The number of halogens is 1. The number of anilines is 5. The second kappa shape index (κ2) is 9.21. The fourth-order valence-corrected chi connectivity index (χ4v) is 4.68. The number of nitrogens with two attached hydrogens (primary N) is 1. The molecular formula is C25H26FN9O2. The lowest BCUT2D eigenvalue weighted by Gasteiger charge is -2.29. The van der Waals surface area contributed by atoms with Gasteiger partial charge in [-0.15, -0.1) is 0 Å². The van der Waals surface area contributed by atoms with E-state index < -0.39 is 5.82 Å². The molecule has 0 bridgehead atoms. The molecule has 0 spiro atoms. The molecule has 0 saturated carbocycles. The van der Waals surface area contributed by atoms with Crippen molar-refractivity contribution in [2.45, 2.75) is 6.54 Å². The summed E-state index contributed by atoms with van der Waals surface area (Å²) < 4.78 is 27.3. The van der Waals surface area contributed by atoms with Gasteiger partial charge >= 0.3 is 0 Å². The van der Waals surface area contributed by atoms with Gasteiger partial charge in [-0.1, -0.05) is 18.2 Å². The summed E-state index contributed by atoms with van der Waals surface area (Å²) in [7, 11) is 3.54.